The fourth-order valence-electron chi connectivity index (χ4n) is 3.59. The number of anilines is 1. The van der Waals surface area contributed by atoms with Gasteiger partial charge in [-0.1, -0.05) is 37.3 Å². The first-order chi connectivity index (χ1) is 16.8. The quantitative estimate of drug-likeness (QED) is 0.359. The fourth-order valence-corrected chi connectivity index (χ4v) is 4.49. The van der Waals surface area contributed by atoms with Crippen molar-refractivity contribution in [3.05, 3.63) is 69.3 Å². The van der Waals surface area contributed by atoms with Crippen molar-refractivity contribution >= 4 is 33.2 Å². The van der Waals surface area contributed by atoms with Crippen LogP contribution in [0.1, 0.15) is 43.9 Å². The summed E-state index contributed by atoms with van der Waals surface area (Å²) < 4.78 is 26.3. The van der Waals surface area contributed by atoms with Crippen molar-refractivity contribution < 1.29 is 22.9 Å². The third kappa shape index (κ3) is 7.27. The summed E-state index contributed by atoms with van der Waals surface area (Å²) in [6.07, 6.45) is 1.64. The molecule has 2 atom stereocenters. The highest BCUT2D eigenvalue weighted by molar-refractivity contribution is 7.92. The number of hydrogen-bond acceptors (Lipinski definition) is 6. The summed E-state index contributed by atoms with van der Waals surface area (Å²) in [7, 11) is -4.00. The third-order valence-electron chi connectivity index (χ3n) is 6.12. The van der Waals surface area contributed by atoms with E-state index in [9.17, 15) is 28.1 Å². The molecule has 0 fully saturated rings. The van der Waals surface area contributed by atoms with Crippen molar-refractivity contribution in [2.75, 3.05) is 17.1 Å². The summed E-state index contributed by atoms with van der Waals surface area (Å²) in [6.45, 7) is 8.34. The molecule has 2 aromatic carbocycles. The largest absolute Gasteiger partial charge is 0.352 e. The molecule has 196 valence electrons. The molecule has 0 aliphatic carbocycles. The van der Waals surface area contributed by atoms with Crippen LogP contribution in [0.15, 0.2) is 42.5 Å². The molecular weight excluding hydrogens is 484 g/mol. The van der Waals surface area contributed by atoms with Crippen LogP contribution >= 0.6 is 0 Å². The second-order valence-electron chi connectivity index (χ2n) is 8.94. The average Bonchev–Trinajstić information content (AvgIpc) is 2.80. The highest BCUT2D eigenvalue weighted by atomic mass is 32.2. The van der Waals surface area contributed by atoms with Crippen LogP contribution in [-0.4, -0.2) is 54.9 Å². The van der Waals surface area contributed by atoms with Gasteiger partial charge in [0.1, 0.15) is 12.6 Å². The number of carbonyl (C=O) groups excluding carboxylic acids is 2. The number of hydrogen-bond donors (Lipinski definition) is 1. The zero-order valence-corrected chi connectivity index (χ0v) is 22.3. The van der Waals surface area contributed by atoms with Crippen molar-refractivity contribution in [1.29, 1.82) is 0 Å². The van der Waals surface area contributed by atoms with E-state index >= 15 is 0 Å². The molecule has 0 radical (unpaired) electrons. The molecule has 2 rings (SSSR count). The number of benzene rings is 2. The molecule has 0 aliphatic rings. The molecule has 2 amide bonds. The number of nitrogens with zero attached hydrogens (tertiary/aromatic N) is 3. The number of sulfonamides is 1. The van der Waals surface area contributed by atoms with Crippen molar-refractivity contribution in [3.63, 3.8) is 0 Å². The first-order valence-electron chi connectivity index (χ1n) is 11.6. The third-order valence-corrected chi connectivity index (χ3v) is 7.25. The van der Waals surface area contributed by atoms with Gasteiger partial charge >= 0.3 is 0 Å². The van der Waals surface area contributed by atoms with Gasteiger partial charge in [-0.15, -0.1) is 0 Å². The Morgan fingerprint density at radius 2 is 1.72 bits per heavy atom. The van der Waals surface area contributed by atoms with Gasteiger partial charge in [0.05, 0.1) is 16.9 Å². The minimum Gasteiger partial charge on any atom is -0.352 e. The number of amides is 2. The van der Waals surface area contributed by atoms with E-state index in [0.717, 1.165) is 27.8 Å². The van der Waals surface area contributed by atoms with E-state index in [2.05, 4.69) is 5.32 Å². The van der Waals surface area contributed by atoms with Gasteiger partial charge in [0.15, 0.2) is 0 Å². The molecule has 0 saturated heterocycles. The summed E-state index contributed by atoms with van der Waals surface area (Å²) in [4.78, 5) is 38.6. The van der Waals surface area contributed by atoms with Crippen molar-refractivity contribution in [2.24, 2.45) is 0 Å². The van der Waals surface area contributed by atoms with Crippen molar-refractivity contribution in [2.45, 2.75) is 59.7 Å². The zero-order valence-electron chi connectivity index (χ0n) is 21.5. The topological polar surface area (TPSA) is 130 Å². The zero-order chi connectivity index (χ0) is 27.2. The lowest BCUT2D eigenvalue weighted by molar-refractivity contribution is -0.384. The standard InChI is InChI=1S/C25H34N4O6S/c1-7-19(4)26-25(31)20(5)27(15-21-11-9-8-10-17(21)2)24(30)16-28(36(6,34)35)23-14-22(29(32)33)13-12-18(23)3/h8-14,19-20H,7,15-16H2,1-6H3,(H,26,31)/t19-,20+/m0/s1. The summed E-state index contributed by atoms with van der Waals surface area (Å²) in [6, 6.07) is 10.3. The Morgan fingerprint density at radius 1 is 1.08 bits per heavy atom. The van der Waals surface area contributed by atoms with Crippen molar-refractivity contribution in [3.8, 4) is 0 Å². The molecule has 0 heterocycles. The van der Waals surface area contributed by atoms with E-state index in [1.165, 1.54) is 17.0 Å². The van der Waals surface area contributed by atoms with Gasteiger partial charge in [-0.3, -0.25) is 24.0 Å². The Kier molecular flexibility index (Phi) is 9.57. The Hall–Kier alpha value is -3.47. The monoisotopic (exact) mass is 518 g/mol. The molecule has 0 unspecified atom stereocenters. The van der Waals surface area contributed by atoms with E-state index < -0.39 is 33.4 Å². The van der Waals surface area contributed by atoms with Crippen LogP contribution in [0.2, 0.25) is 0 Å². The lowest BCUT2D eigenvalue weighted by atomic mass is 10.1. The summed E-state index contributed by atoms with van der Waals surface area (Å²) in [5.41, 5.74) is 1.92. The van der Waals surface area contributed by atoms with Gasteiger partial charge in [-0.25, -0.2) is 8.42 Å². The normalized spacial score (nSPS) is 12.9. The van der Waals surface area contributed by atoms with Gasteiger partial charge in [0.25, 0.3) is 5.69 Å². The molecule has 0 spiro atoms. The molecule has 10 nitrogen and oxygen atoms in total. The molecule has 1 N–H and O–H groups in total. The Morgan fingerprint density at radius 3 is 2.28 bits per heavy atom. The van der Waals surface area contributed by atoms with E-state index in [1.807, 2.05) is 45.0 Å². The molecule has 2 aromatic rings. The first-order valence-corrected chi connectivity index (χ1v) is 13.5. The number of non-ortho nitro benzene ring substituents is 1. The number of nitrogens with one attached hydrogen (secondary N) is 1. The van der Waals surface area contributed by atoms with E-state index in [1.54, 1.807) is 13.8 Å². The first kappa shape index (κ1) is 28.8. The second kappa shape index (κ2) is 12.0. The molecular formula is C25H34N4O6S. The number of rotatable bonds is 11. The molecule has 0 aliphatic heterocycles. The van der Waals surface area contributed by atoms with E-state index in [4.69, 9.17) is 0 Å². The van der Waals surface area contributed by atoms with Crippen LogP contribution in [0.3, 0.4) is 0 Å². The smallest absolute Gasteiger partial charge is 0.271 e. The van der Waals surface area contributed by atoms with Crippen molar-refractivity contribution in [1.82, 2.24) is 10.2 Å². The van der Waals surface area contributed by atoms with Gasteiger partial charge in [0.2, 0.25) is 21.8 Å². The van der Waals surface area contributed by atoms with Crippen LogP contribution in [0.4, 0.5) is 11.4 Å². The highest BCUT2D eigenvalue weighted by Gasteiger charge is 2.31. The number of aryl methyl sites for hydroxylation is 2. The Balaban J connectivity index is 2.49. The van der Waals surface area contributed by atoms with Gasteiger partial charge in [0, 0.05) is 24.7 Å². The van der Waals surface area contributed by atoms with Crippen LogP contribution < -0.4 is 9.62 Å². The predicted octanol–water partition coefficient (Wildman–Crippen LogP) is 3.31. The van der Waals surface area contributed by atoms with Crippen LogP contribution in [0, 0.1) is 24.0 Å². The predicted molar refractivity (Wildman–Crippen MR) is 139 cm³/mol. The van der Waals surface area contributed by atoms with E-state index in [0.29, 0.717) is 12.0 Å². The minimum atomic E-state index is -4.00. The fraction of sp³-hybridized carbons (Fsp3) is 0.440. The molecule has 36 heavy (non-hydrogen) atoms. The Labute approximate surface area is 212 Å². The lowest BCUT2D eigenvalue weighted by Crippen LogP contribution is -2.52. The molecule has 0 saturated carbocycles. The molecule has 0 bridgehead atoms. The molecule has 11 heteroatoms. The summed E-state index contributed by atoms with van der Waals surface area (Å²) in [5, 5.41) is 14.2. The molecule has 0 aromatic heterocycles. The van der Waals surface area contributed by atoms with Gasteiger partial charge in [-0.2, -0.15) is 0 Å². The van der Waals surface area contributed by atoms with Crippen LogP contribution in [0.5, 0.6) is 0 Å². The van der Waals surface area contributed by atoms with Gasteiger partial charge < -0.3 is 10.2 Å². The maximum absolute atomic E-state index is 13.6. The summed E-state index contributed by atoms with van der Waals surface area (Å²) in [5.74, 6) is -0.967. The maximum atomic E-state index is 13.6. The Bertz CT molecular complexity index is 1230. The number of carbonyl (C=O) groups is 2. The number of nitro benzene ring substituents is 1. The number of nitro groups is 1. The van der Waals surface area contributed by atoms with Crippen LogP contribution in [-0.2, 0) is 26.2 Å². The average molecular weight is 519 g/mol. The van der Waals surface area contributed by atoms with E-state index in [-0.39, 0.29) is 29.9 Å². The second-order valence-corrected chi connectivity index (χ2v) is 10.8. The summed E-state index contributed by atoms with van der Waals surface area (Å²) >= 11 is 0. The van der Waals surface area contributed by atoms with Gasteiger partial charge in [-0.05, 0) is 50.8 Å². The minimum absolute atomic E-state index is 0.0348. The highest BCUT2D eigenvalue weighted by Crippen LogP contribution is 2.28. The SMILES string of the molecule is CC[C@H](C)NC(=O)[C@@H](C)N(Cc1ccccc1C)C(=O)CN(c1cc([N+](=O)[O-])ccc1C)S(C)(=O)=O. The maximum Gasteiger partial charge on any atom is 0.271 e. The lowest BCUT2D eigenvalue weighted by Gasteiger charge is -2.32. The van der Waals surface area contributed by atoms with Crippen LogP contribution in [0.25, 0.3) is 0 Å².